The van der Waals surface area contributed by atoms with Crippen LogP contribution in [0.25, 0.3) is 0 Å². The Hall–Kier alpha value is -1.32. The van der Waals surface area contributed by atoms with E-state index in [-0.39, 0.29) is 12.5 Å². The van der Waals surface area contributed by atoms with E-state index in [4.69, 9.17) is 11.6 Å². The Labute approximate surface area is 118 Å². The van der Waals surface area contributed by atoms with Gasteiger partial charge in [0.15, 0.2) is 0 Å². The minimum Gasteiger partial charge on any atom is -0.387 e. The fourth-order valence-corrected chi connectivity index (χ4v) is 2.42. The molecule has 1 aliphatic carbocycles. The zero-order valence-corrected chi connectivity index (χ0v) is 11.4. The Morgan fingerprint density at radius 2 is 2.37 bits per heavy atom. The first-order valence-electron chi connectivity index (χ1n) is 6.52. The summed E-state index contributed by atoms with van der Waals surface area (Å²) in [6, 6.07) is 7.04. The van der Waals surface area contributed by atoms with Crippen molar-refractivity contribution < 1.29 is 9.90 Å². The highest BCUT2D eigenvalue weighted by Gasteiger charge is 2.15. The highest BCUT2D eigenvalue weighted by Crippen LogP contribution is 2.20. The lowest BCUT2D eigenvalue weighted by Gasteiger charge is -2.13. The van der Waals surface area contributed by atoms with Crippen molar-refractivity contribution in [2.75, 3.05) is 6.54 Å². The van der Waals surface area contributed by atoms with E-state index in [9.17, 15) is 9.90 Å². The highest BCUT2D eigenvalue weighted by molar-refractivity contribution is 6.30. The monoisotopic (exact) mass is 279 g/mol. The van der Waals surface area contributed by atoms with Crippen LogP contribution in [0.1, 0.15) is 30.9 Å². The molecule has 0 aromatic heterocycles. The quantitative estimate of drug-likeness (QED) is 0.814. The second-order valence-electron chi connectivity index (χ2n) is 4.84. The Bertz CT molecular complexity index is 473. The maximum absolute atomic E-state index is 11.7. The number of rotatable bonds is 5. The summed E-state index contributed by atoms with van der Waals surface area (Å²) < 4.78 is 0. The molecular formula is C15H18ClNO2. The van der Waals surface area contributed by atoms with Gasteiger partial charge in [0, 0.05) is 18.0 Å². The first-order chi connectivity index (χ1) is 9.15. The van der Waals surface area contributed by atoms with Crippen LogP contribution in [0.3, 0.4) is 0 Å². The summed E-state index contributed by atoms with van der Waals surface area (Å²) in [7, 11) is 0. The summed E-state index contributed by atoms with van der Waals surface area (Å²) in [5.74, 6) is 0.334. The number of carbonyl (C=O) groups excluding carboxylic acids is 1. The van der Waals surface area contributed by atoms with Crippen LogP contribution in [0, 0.1) is 5.92 Å². The molecule has 2 rings (SSSR count). The van der Waals surface area contributed by atoms with Gasteiger partial charge in [-0.05, 0) is 36.5 Å². The molecule has 4 heteroatoms. The van der Waals surface area contributed by atoms with Crippen molar-refractivity contribution in [3.63, 3.8) is 0 Å². The molecule has 1 aliphatic rings. The van der Waals surface area contributed by atoms with E-state index in [1.165, 1.54) is 0 Å². The molecule has 0 bridgehead atoms. The van der Waals surface area contributed by atoms with Crippen molar-refractivity contribution in [2.45, 2.75) is 25.4 Å². The SMILES string of the molecule is O=C(CC1C=CCC1)NCC(O)c1cccc(Cl)c1. The van der Waals surface area contributed by atoms with E-state index in [0.29, 0.717) is 22.9 Å². The molecule has 3 nitrogen and oxygen atoms in total. The fraction of sp³-hybridized carbons (Fsp3) is 0.400. The van der Waals surface area contributed by atoms with Crippen LogP contribution in [0.5, 0.6) is 0 Å². The topological polar surface area (TPSA) is 49.3 Å². The van der Waals surface area contributed by atoms with Gasteiger partial charge in [-0.3, -0.25) is 4.79 Å². The molecule has 2 unspecified atom stereocenters. The standard InChI is InChI=1S/C15H18ClNO2/c16-13-7-3-6-12(9-13)14(18)10-17-15(19)8-11-4-1-2-5-11/h1,3-4,6-7,9,11,14,18H,2,5,8,10H2,(H,17,19). The van der Waals surface area contributed by atoms with Crippen LogP contribution < -0.4 is 5.32 Å². The van der Waals surface area contributed by atoms with Gasteiger partial charge in [-0.1, -0.05) is 35.9 Å². The molecule has 0 fully saturated rings. The third kappa shape index (κ3) is 4.37. The lowest BCUT2D eigenvalue weighted by molar-refractivity contribution is -0.122. The minimum absolute atomic E-state index is 0.0161. The van der Waals surface area contributed by atoms with Crippen molar-refractivity contribution in [2.24, 2.45) is 5.92 Å². The number of aliphatic hydroxyl groups excluding tert-OH is 1. The number of amides is 1. The molecule has 0 radical (unpaired) electrons. The van der Waals surface area contributed by atoms with Crippen molar-refractivity contribution in [1.29, 1.82) is 0 Å². The summed E-state index contributed by atoms with van der Waals surface area (Å²) in [6.45, 7) is 0.218. The number of aliphatic hydroxyl groups is 1. The van der Waals surface area contributed by atoms with E-state index in [2.05, 4.69) is 17.5 Å². The third-order valence-corrected chi connectivity index (χ3v) is 3.52. The lowest BCUT2D eigenvalue weighted by Crippen LogP contribution is -2.29. The number of carbonyl (C=O) groups is 1. The average Bonchev–Trinajstić information content (AvgIpc) is 2.88. The molecule has 0 spiro atoms. The number of halogens is 1. The molecule has 19 heavy (non-hydrogen) atoms. The Kier molecular flexibility index (Phi) is 5.00. The highest BCUT2D eigenvalue weighted by atomic mass is 35.5. The van der Waals surface area contributed by atoms with Crippen molar-refractivity contribution in [3.05, 3.63) is 47.0 Å². The number of nitrogens with one attached hydrogen (secondary N) is 1. The fourth-order valence-electron chi connectivity index (χ4n) is 2.22. The molecule has 1 aromatic rings. The predicted octanol–water partition coefficient (Wildman–Crippen LogP) is 2.85. The third-order valence-electron chi connectivity index (χ3n) is 3.29. The molecular weight excluding hydrogens is 262 g/mol. The number of hydrogen-bond acceptors (Lipinski definition) is 2. The van der Waals surface area contributed by atoms with Gasteiger partial charge in [0.25, 0.3) is 0 Å². The second-order valence-corrected chi connectivity index (χ2v) is 5.28. The molecule has 1 aromatic carbocycles. The van der Waals surface area contributed by atoms with Gasteiger partial charge < -0.3 is 10.4 Å². The van der Waals surface area contributed by atoms with Crippen LogP contribution >= 0.6 is 11.6 Å². The summed E-state index contributed by atoms with van der Waals surface area (Å²) in [6.07, 6.45) is 6.08. The Morgan fingerprint density at radius 3 is 3.05 bits per heavy atom. The van der Waals surface area contributed by atoms with Crippen molar-refractivity contribution >= 4 is 17.5 Å². The first-order valence-corrected chi connectivity index (χ1v) is 6.90. The number of allylic oxidation sites excluding steroid dienone is 2. The second kappa shape index (κ2) is 6.73. The summed E-state index contributed by atoms with van der Waals surface area (Å²) in [4.78, 5) is 11.7. The van der Waals surface area contributed by atoms with Crippen molar-refractivity contribution in [1.82, 2.24) is 5.32 Å². The molecule has 0 heterocycles. The smallest absolute Gasteiger partial charge is 0.220 e. The normalized spacial score (nSPS) is 19.4. The Balaban J connectivity index is 1.78. The number of hydrogen-bond donors (Lipinski definition) is 2. The molecule has 2 N–H and O–H groups in total. The molecule has 1 amide bonds. The molecule has 0 saturated carbocycles. The summed E-state index contributed by atoms with van der Waals surface area (Å²) in [5, 5.41) is 13.3. The first kappa shape index (κ1) is 14.1. The van der Waals surface area contributed by atoms with Gasteiger partial charge in [0.1, 0.15) is 0 Å². The minimum atomic E-state index is -0.721. The van der Waals surface area contributed by atoms with E-state index in [0.717, 1.165) is 12.8 Å². The van der Waals surface area contributed by atoms with Crippen molar-refractivity contribution in [3.8, 4) is 0 Å². The predicted molar refractivity (Wildman–Crippen MR) is 75.9 cm³/mol. The van der Waals surface area contributed by atoms with Gasteiger partial charge in [0.05, 0.1) is 6.10 Å². The maximum Gasteiger partial charge on any atom is 0.220 e. The zero-order valence-electron chi connectivity index (χ0n) is 10.7. The summed E-state index contributed by atoms with van der Waals surface area (Å²) in [5.41, 5.74) is 0.716. The van der Waals surface area contributed by atoms with Gasteiger partial charge in [-0.2, -0.15) is 0 Å². The van der Waals surface area contributed by atoms with Crippen LogP contribution in [-0.2, 0) is 4.79 Å². The average molecular weight is 280 g/mol. The van der Waals surface area contributed by atoms with Gasteiger partial charge >= 0.3 is 0 Å². The van der Waals surface area contributed by atoms with E-state index in [1.807, 2.05) is 0 Å². The molecule has 0 aliphatic heterocycles. The van der Waals surface area contributed by atoms with Crippen LogP contribution in [0.4, 0.5) is 0 Å². The number of benzene rings is 1. The summed E-state index contributed by atoms with van der Waals surface area (Å²) >= 11 is 5.86. The lowest BCUT2D eigenvalue weighted by atomic mass is 10.0. The van der Waals surface area contributed by atoms with Gasteiger partial charge in [0.2, 0.25) is 5.91 Å². The van der Waals surface area contributed by atoms with Crippen LogP contribution in [0.15, 0.2) is 36.4 Å². The molecule has 2 atom stereocenters. The van der Waals surface area contributed by atoms with E-state index < -0.39 is 6.10 Å². The molecule has 0 saturated heterocycles. The largest absolute Gasteiger partial charge is 0.387 e. The maximum atomic E-state index is 11.7. The van der Waals surface area contributed by atoms with Gasteiger partial charge in [-0.25, -0.2) is 0 Å². The zero-order chi connectivity index (χ0) is 13.7. The van der Waals surface area contributed by atoms with E-state index >= 15 is 0 Å². The van der Waals surface area contributed by atoms with E-state index in [1.54, 1.807) is 24.3 Å². The van der Waals surface area contributed by atoms with Gasteiger partial charge in [-0.15, -0.1) is 0 Å². The molecule has 102 valence electrons. The Morgan fingerprint density at radius 1 is 1.53 bits per heavy atom. The van der Waals surface area contributed by atoms with Crippen LogP contribution in [-0.4, -0.2) is 17.6 Å². The van der Waals surface area contributed by atoms with Crippen LogP contribution in [0.2, 0.25) is 5.02 Å².